The molecule has 4 nitrogen and oxygen atoms in total. The highest BCUT2D eigenvalue weighted by Crippen LogP contribution is 2.35. The summed E-state index contributed by atoms with van der Waals surface area (Å²) in [7, 11) is 0. The molecule has 2 heterocycles. The fourth-order valence-electron chi connectivity index (χ4n) is 1.92. The number of carbonyl (C=O) groups is 1. The van der Waals surface area contributed by atoms with Crippen LogP contribution >= 0.6 is 0 Å². The van der Waals surface area contributed by atoms with Crippen molar-refractivity contribution in [2.75, 3.05) is 6.61 Å². The van der Waals surface area contributed by atoms with Crippen LogP contribution in [0.3, 0.4) is 0 Å². The molecule has 0 amide bonds. The Hall–Kier alpha value is -0.450. The average Bonchev–Trinajstić information content (AvgIpc) is 2.48. The quantitative estimate of drug-likeness (QED) is 0.589. The second-order valence-electron chi connectivity index (χ2n) is 3.91. The van der Waals surface area contributed by atoms with Gasteiger partial charge in [-0.05, 0) is 13.8 Å². The summed E-state index contributed by atoms with van der Waals surface area (Å²) in [4.78, 5) is 10.3. The molecule has 2 aliphatic heterocycles. The van der Waals surface area contributed by atoms with Crippen LogP contribution in [0.25, 0.3) is 0 Å². The number of hydrogen-bond acceptors (Lipinski definition) is 4. The van der Waals surface area contributed by atoms with E-state index in [0.29, 0.717) is 13.0 Å². The number of carbonyl (C=O) groups excluding carboxylic acids is 1. The summed E-state index contributed by atoms with van der Waals surface area (Å²) in [5.74, 6) is -0.528. The summed E-state index contributed by atoms with van der Waals surface area (Å²) < 4.78 is 16.6. The smallest absolute Gasteiger partial charge is 0.164 e. The fraction of sp³-hybridized carbons (Fsp3) is 0.889. The molecule has 0 saturated carbocycles. The molecule has 0 aromatic heterocycles. The van der Waals surface area contributed by atoms with Gasteiger partial charge in [-0.3, -0.25) is 0 Å². The minimum Gasteiger partial charge on any atom is -0.372 e. The predicted molar refractivity (Wildman–Crippen MR) is 44.2 cm³/mol. The first-order valence-corrected chi connectivity index (χ1v) is 4.53. The highest BCUT2D eigenvalue weighted by atomic mass is 16.8. The van der Waals surface area contributed by atoms with E-state index in [-0.39, 0.29) is 18.3 Å². The first-order valence-electron chi connectivity index (χ1n) is 4.53. The van der Waals surface area contributed by atoms with Crippen LogP contribution in [-0.4, -0.2) is 37.0 Å². The SMILES string of the molecule is CC1(C)OC2CO[C@H](CC=O)C2O1. The first-order chi connectivity index (χ1) is 6.12. The highest BCUT2D eigenvalue weighted by molar-refractivity contribution is 5.50. The zero-order chi connectivity index (χ0) is 9.47. The Morgan fingerprint density at radius 1 is 1.46 bits per heavy atom. The largest absolute Gasteiger partial charge is 0.372 e. The molecular formula is C9H14O4. The molecule has 0 bridgehead atoms. The van der Waals surface area contributed by atoms with Gasteiger partial charge in [-0.2, -0.15) is 0 Å². The maximum absolute atomic E-state index is 10.3. The standard InChI is InChI=1S/C9H14O4/c1-9(2)12-7-5-11-6(3-4-10)8(7)13-9/h4,6-8H,3,5H2,1-2H3/t6-,7?,8?/m1/s1. The van der Waals surface area contributed by atoms with Gasteiger partial charge in [0.05, 0.1) is 12.7 Å². The van der Waals surface area contributed by atoms with Crippen molar-refractivity contribution in [1.29, 1.82) is 0 Å². The number of ether oxygens (including phenoxy) is 3. The van der Waals surface area contributed by atoms with Gasteiger partial charge in [-0.25, -0.2) is 0 Å². The lowest BCUT2D eigenvalue weighted by molar-refractivity contribution is -0.175. The van der Waals surface area contributed by atoms with Gasteiger partial charge in [0.1, 0.15) is 18.5 Å². The number of hydrogen-bond donors (Lipinski definition) is 0. The Labute approximate surface area is 77.1 Å². The van der Waals surface area contributed by atoms with Crippen molar-refractivity contribution in [3.8, 4) is 0 Å². The minimum atomic E-state index is -0.528. The molecule has 2 aliphatic rings. The monoisotopic (exact) mass is 186 g/mol. The zero-order valence-corrected chi connectivity index (χ0v) is 7.86. The van der Waals surface area contributed by atoms with Gasteiger partial charge >= 0.3 is 0 Å². The van der Waals surface area contributed by atoms with Crippen LogP contribution in [0.1, 0.15) is 20.3 Å². The minimum absolute atomic E-state index is 0.0000463. The molecule has 13 heavy (non-hydrogen) atoms. The first kappa shape index (κ1) is 9.12. The van der Waals surface area contributed by atoms with Gasteiger partial charge in [-0.1, -0.05) is 0 Å². The predicted octanol–water partition coefficient (Wildman–Crippen LogP) is 0.494. The summed E-state index contributed by atoms with van der Waals surface area (Å²) in [6, 6.07) is 0. The molecule has 0 radical (unpaired) electrons. The van der Waals surface area contributed by atoms with Gasteiger partial charge in [0.15, 0.2) is 5.79 Å². The average molecular weight is 186 g/mol. The third-order valence-electron chi connectivity index (χ3n) is 2.39. The topological polar surface area (TPSA) is 44.8 Å². The molecule has 0 aliphatic carbocycles. The van der Waals surface area contributed by atoms with E-state index in [2.05, 4.69) is 0 Å². The van der Waals surface area contributed by atoms with E-state index in [4.69, 9.17) is 14.2 Å². The Morgan fingerprint density at radius 2 is 2.23 bits per heavy atom. The van der Waals surface area contributed by atoms with Crippen LogP contribution in [0.2, 0.25) is 0 Å². The van der Waals surface area contributed by atoms with E-state index in [1.165, 1.54) is 0 Å². The summed E-state index contributed by atoms with van der Waals surface area (Å²) in [5.41, 5.74) is 0. The van der Waals surface area contributed by atoms with Gasteiger partial charge < -0.3 is 19.0 Å². The molecule has 2 saturated heterocycles. The van der Waals surface area contributed by atoms with Crippen LogP contribution in [-0.2, 0) is 19.0 Å². The third kappa shape index (κ3) is 1.61. The molecule has 0 aromatic rings. The number of aldehydes is 1. The lowest BCUT2D eigenvalue weighted by Gasteiger charge is -2.20. The number of fused-ring (bicyclic) bond motifs is 1. The maximum atomic E-state index is 10.3. The van der Waals surface area contributed by atoms with Crippen LogP contribution in [0, 0.1) is 0 Å². The number of rotatable bonds is 2. The maximum Gasteiger partial charge on any atom is 0.164 e. The van der Waals surface area contributed by atoms with E-state index in [1.54, 1.807) is 0 Å². The van der Waals surface area contributed by atoms with Crippen molar-refractivity contribution in [1.82, 2.24) is 0 Å². The highest BCUT2D eigenvalue weighted by Gasteiger charge is 2.49. The van der Waals surface area contributed by atoms with Crippen LogP contribution in [0.5, 0.6) is 0 Å². The lowest BCUT2D eigenvalue weighted by atomic mass is 10.1. The van der Waals surface area contributed by atoms with Crippen LogP contribution in [0.4, 0.5) is 0 Å². The van der Waals surface area contributed by atoms with Crippen molar-refractivity contribution in [3.05, 3.63) is 0 Å². The van der Waals surface area contributed by atoms with Crippen LogP contribution < -0.4 is 0 Å². The summed E-state index contributed by atoms with van der Waals surface area (Å²) in [6.07, 6.45) is 1.06. The second kappa shape index (κ2) is 3.04. The molecule has 0 aromatic carbocycles. The Morgan fingerprint density at radius 3 is 2.92 bits per heavy atom. The van der Waals surface area contributed by atoms with E-state index >= 15 is 0 Å². The van der Waals surface area contributed by atoms with E-state index in [1.807, 2.05) is 13.8 Å². The van der Waals surface area contributed by atoms with Gasteiger partial charge in [0.2, 0.25) is 0 Å². The van der Waals surface area contributed by atoms with Crippen molar-refractivity contribution in [3.63, 3.8) is 0 Å². The third-order valence-corrected chi connectivity index (χ3v) is 2.39. The van der Waals surface area contributed by atoms with Gasteiger partial charge in [0.25, 0.3) is 0 Å². The normalized spacial score (nSPS) is 41.8. The molecule has 3 atom stereocenters. The summed E-state index contributed by atoms with van der Waals surface area (Å²) >= 11 is 0. The van der Waals surface area contributed by atoms with E-state index in [0.717, 1.165) is 6.29 Å². The molecule has 2 rings (SSSR count). The van der Waals surface area contributed by atoms with Gasteiger partial charge in [0, 0.05) is 6.42 Å². The molecule has 2 fully saturated rings. The molecule has 0 N–H and O–H groups in total. The van der Waals surface area contributed by atoms with Crippen molar-refractivity contribution >= 4 is 6.29 Å². The Kier molecular flexibility index (Phi) is 2.14. The van der Waals surface area contributed by atoms with E-state index < -0.39 is 5.79 Å². The zero-order valence-electron chi connectivity index (χ0n) is 7.86. The Balaban J connectivity index is 2.03. The lowest BCUT2D eigenvalue weighted by Crippen LogP contribution is -2.29. The molecule has 2 unspecified atom stereocenters. The second-order valence-corrected chi connectivity index (χ2v) is 3.91. The van der Waals surface area contributed by atoms with Crippen molar-refractivity contribution < 1.29 is 19.0 Å². The van der Waals surface area contributed by atoms with Crippen molar-refractivity contribution in [2.45, 2.75) is 44.4 Å². The summed E-state index contributed by atoms with van der Waals surface area (Å²) in [5, 5.41) is 0. The van der Waals surface area contributed by atoms with Crippen molar-refractivity contribution in [2.24, 2.45) is 0 Å². The molecule has 4 heteroatoms. The van der Waals surface area contributed by atoms with Crippen LogP contribution in [0.15, 0.2) is 0 Å². The Bertz CT molecular complexity index is 214. The van der Waals surface area contributed by atoms with Gasteiger partial charge in [-0.15, -0.1) is 0 Å². The molecule has 0 spiro atoms. The molecule has 74 valence electrons. The molecular weight excluding hydrogens is 172 g/mol. The van der Waals surface area contributed by atoms with E-state index in [9.17, 15) is 4.79 Å². The fourth-order valence-corrected chi connectivity index (χ4v) is 1.92. The summed E-state index contributed by atoms with van der Waals surface area (Å²) in [6.45, 7) is 4.29.